The number of aryl methyl sites for hydroxylation is 1. The van der Waals surface area contributed by atoms with Crippen LogP contribution >= 0.6 is 0 Å². The predicted molar refractivity (Wildman–Crippen MR) is 50.8 cm³/mol. The first-order chi connectivity index (χ1) is 5.74. The van der Waals surface area contributed by atoms with E-state index in [1.807, 2.05) is 19.2 Å². The molecule has 1 atom stereocenters. The van der Waals surface area contributed by atoms with Crippen molar-refractivity contribution in [1.29, 1.82) is 0 Å². The van der Waals surface area contributed by atoms with Gasteiger partial charge in [-0.05, 0) is 31.0 Å². The molecular formula is C10H16N2. The molecule has 2 nitrogen and oxygen atoms in total. The molecule has 12 heavy (non-hydrogen) atoms. The Labute approximate surface area is 73.8 Å². The Bertz CT molecular complexity index is 245. The zero-order valence-corrected chi connectivity index (χ0v) is 7.75. The summed E-state index contributed by atoms with van der Waals surface area (Å²) < 4.78 is 0. The largest absolute Gasteiger partial charge is 0.324 e. The topological polar surface area (TPSA) is 38.9 Å². The molecule has 0 saturated heterocycles. The molecule has 2 heteroatoms. The van der Waals surface area contributed by atoms with Crippen LogP contribution in [-0.4, -0.2) is 4.98 Å². The van der Waals surface area contributed by atoms with Gasteiger partial charge in [-0.25, -0.2) is 0 Å². The predicted octanol–water partition coefficient (Wildman–Crippen LogP) is 2.19. The second kappa shape index (κ2) is 4.21. The van der Waals surface area contributed by atoms with Gasteiger partial charge in [-0.1, -0.05) is 13.3 Å². The van der Waals surface area contributed by atoms with Gasteiger partial charge in [0.1, 0.15) is 0 Å². The Hall–Kier alpha value is -0.890. The molecule has 0 saturated carbocycles. The molecule has 0 aromatic carbocycles. The molecule has 0 aliphatic heterocycles. The summed E-state index contributed by atoms with van der Waals surface area (Å²) in [4.78, 5) is 4.13. The second-order valence-corrected chi connectivity index (χ2v) is 3.13. The average molecular weight is 164 g/mol. The number of rotatable bonds is 3. The van der Waals surface area contributed by atoms with Gasteiger partial charge in [-0.15, -0.1) is 0 Å². The summed E-state index contributed by atoms with van der Waals surface area (Å²) in [6.07, 6.45) is 3.99. The monoisotopic (exact) mass is 164 g/mol. The maximum atomic E-state index is 5.95. The molecule has 1 heterocycles. The SMILES string of the molecule is CCC[C@@H](N)c1ccnc(C)c1. The standard InChI is InChI=1S/C10H16N2/c1-3-4-10(11)9-5-6-12-8(2)7-9/h5-7,10H,3-4,11H2,1-2H3/t10-/m1/s1. The van der Waals surface area contributed by atoms with Crippen LogP contribution in [0.2, 0.25) is 0 Å². The van der Waals surface area contributed by atoms with E-state index in [0.29, 0.717) is 0 Å². The number of hydrogen-bond donors (Lipinski definition) is 1. The Kier molecular flexibility index (Phi) is 3.23. The molecule has 0 spiro atoms. The lowest BCUT2D eigenvalue weighted by Crippen LogP contribution is -2.09. The Morgan fingerprint density at radius 2 is 2.33 bits per heavy atom. The van der Waals surface area contributed by atoms with Gasteiger partial charge in [0.2, 0.25) is 0 Å². The van der Waals surface area contributed by atoms with Crippen molar-refractivity contribution in [3.63, 3.8) is 0 Å². The zero-order chi connectivity index (χ0) is 8.97. The molecule has 1 aromatic heterocycles. The molecule has 0 aliphatic rings. The summed E-state index contributed by atoms with van der Waals surface area (Å²) in [5, 5.41) is 0. The van der Waals surface area contributed by atoms with Crippen LogP contribution in [0, 0.1) is 6.92 Å². The maximum Gasteiger partial charge on any atom is 0.0375 e. The van der Waals surface area contributed by atoms with Crippen molar-refractivity contribution in [3.8, 4) is 0 Å². The van der Waals surface area contributed by atoms with Gasteiger partial charge in [0, 0.05) is 17.9 Å². The molecule has 0 unspecified atom stereocenters. The molecule has 2 N–H and O–H groups in total. The lowest BCUT2D eigenvalue weighted by Gasteiger charge is -2.10. The van der Waals surface area contributed by atoms with E-state index in [0.717, 1.165) is 18.5 Å². The lowest BCUT2D eigenvalue weighted by molar-refractivity contribution is 0.637. The summed E-state index contributed by atoms with van der Waals surface area (Å²) in [5.41, 5.74) is 8.19. The van der Waals surface area contributed by atoms with E-state index in [4.69, 9.17) is 5.73 Å². The van der Waals surface area contributed by atoms with Crippen molar-refractivity contribution in [1.82, 2.24) is 4.98 Å². The third-order valence-electron chi connectivity index (χ3n) is 1.95. The van der Waals surface area contributed by atoms with Crippen molar-refractivity contribution in [2.75, 3.05) is 0 Å². The number of hydrogen-bond acceptors (Lipinski definition) is 2. The van der Waals surface area contributed by atoms with E-state index in [2.05, 4.69) is 18.0 Å². The first-order valence-electron chi connectivity index (χ1n) is 4.42. The zero-order valence-electron chi connectivity index (χ0n) is 7.75. The summed E-state index contributed by atoms with van der Waals surface area (Å²) >= 11 is 0. The van der Waals surface area contributed by atoms with E-state index in [1.54, 1.807) is 0 Å². The summed E-state index contributed by atoms with van der Waals surface area (Å²) in [7, 11) is 0. The Balaban J connectivity index is 2.73. The molecule has 1 aromatic rings. The third-order valence-corrected chi connectivity index (χ3v) is 1.95. The van der Waals surface area contributed by atoms with Gasteiger partial charge in [0.05, 0.1) is 0 Å². The molecule has 1 rings (SSSR count). The average Bonchev–Trinajstić information content (AvgIpc) is 2.05. The highest BCUT2D eigenvalue weighted by Crippen LogP contribution is 2.14. The quantitative estimate of drug-likeness (QED) is 0.743. The van der Waals surface area contributed by atoms with Crippen LogP contribution in [-0.2, 0) is 0 Å². The van der Waals surface area contributed by atoms with Crippen LogP contribution in [0.3, 0.4) is 0 Å². The van der Waals surface area contributed by atoms with E-state index >= 15 is 0 Å². The fraction of sp³-hybridized carbons (Fsp3) is 0.500. The summed E-state index contributed by atoms with van der Waals surface area (Å²) in [6, 6.07) is 4.23. The van der Waals surface area contributed by atoms with E-state index in [-0.39, 0.29) is 6.04 Å². The molecule has 0 radical (unpaired) electrons. The number of nitrogens with two attached hydrogens (primary N) is 1. The Morgan fingerprint density at radius 1 is 1.58 bits per heavy atom. The third kappa shape index (κ3) is 2.31. The highest BCUT2D eigenvalue weighted by Gasteiger charge is 2.03. The van der Waals surface area contributed by atoms with Gasteiger partial charge >= 0.3 is 0 Å². The van der Waals surface area contributed by atoms with Crippen LogP contribution in [0.5, 0.6) is 0 Å². The van der Waals surface area contributed by atoms with Crippen molar-refractivity contribution in [3.05, 3.63) is 29.6 Å². The molecule has 66 valence electrons. The van der Waals surface area contributed by atoms with E-state index in [1.165, 1.54) is 5.56 Å². The number of nitrogens with zero attached hydrogens (tertiary/aromatic N) is 1. The smallest absolute Gasteiger partial charge is 0.0375 e. The fourth-order valence-corrected chi connectivity index (χ4v) is 1.28. The van der Waals surface area contributed by atoms with Crippen LogP contribution in [0.25, 0.3) is 0 Å². The molecule has 0 aliphatic carbocycles. The molecule has 0 amide bonds. The van der Waals surface area contributed by atoms with Crippen molar-refractivity contribution in [2.45, 2.75) is 32.7 Å². The van der Waals surface area contributed by atoms with Crippen molar-refractivity contribution >= 4 is 0 Å². The van der Waals surface area contributed by atoms with E-state index < -0.39 is 0 Å². The molecular weight excluding hydrogens is 148 g/mol. The first-order valence-corrected chi connectivity index (χ1v) is 4.42. The minimum atomic E-state index is 0.177. The van der Waals surface area contributed by atoms with Gasteiger partial charge in [-0.3, -0.25) is 4.98 Å². The van der Waals surface area contributed by atoms with Crippen LogP contribution in [0.15, 0.2) is 18.3 Å². The second-order valence-electron chi connectivity index (χ2n) is 3.13. The normalized spacial score (nSPS) is 12.9. The summed E-state index contributed by atoms with van der Waals surface area (Å²) in [6.45, 7) is 4.13. The molecule has 0 bridgehead atoms. The number of pyridine rings is 1. The molecule has 0 fully saturated rings. The minimum Gasteiger partial charge on any atom is -0.324 e. The summed E-state index contributed by atoms with van der Waals surface area (Å²) in [5.74, 6) is 0. The van der Waals surface area contributed by atoms with Gasteiger partial charge in [-0.2, -0.15) is 0 Å². The van der Waals surface area contributed by atoms with Crippen LogP contribution in [0.1, 0.15) is 37.1 Å². The van der Waals surface area contributed by atoms with E-state index in [9.17, 15) is 0 Å². The van der Waals surface area contributed by atoms with Crippen molar-refractivity contribution in [2.24, 2.45) is 5.73 Å². The highest BCUT2D eigenvalue weighted by atomic mass is 14.7. The van der Waals surface area contributed by atoms with Crippen LogP contribution < -0.4 is 5.73 Å². The maximum absolute atomic E-state index is 5.95. The number of aromatic nitrogens is 1. The lowest BCUT2D eigenvalue weighted by atomic mass is 10.0. The van der Waals surface area contributed by atoms with Crippen molar-refractivity contribution < 1.29 is 0 Å². The van der Waals surface area contributed by atoms with Crippen LogP contribution in [0.4, 0.5) is 0 Å². The fourth-order valence-electron chi connectivity index (χ4n) is 1.28. The highest BCUT2D eigenvalue weighted by molar-refractivity contribution is 5.18. The van der Waals surface area contributed by atoms with Gasteiger partial charge in [0.15, 0.2) is 0 Å². The first kappa shape index (κ1) is 9.20. The van der Waals surface area contributed by atoms with Gasteiger partial charge < -0.3 is 5.73 Å². The minimum absolute atomic E-state index is 0.177. The Morgan fingerprint density at radius 3 is 2.92 bits per heavy atom. The van der Waals surface area contributed by atoms with Gasteiger partial charge in [0.25, 0.3) is 0 Å².